The maximum atomic E-state index is 13.9. The number of phenols is 1. The van der Waals surface area contributed by atoms with Crippen molar-refractivity contribution in [3.63, 3.8) is 0 Å². The fourth-order valence-corrected chi connectivity index (χ4v) is 4.27. The predicted octanol–water partition coefficient (Wildman–Crippen LogP) is 6.23. The lowest BCUT2D eigenvalue weighted by Crippen LogP contribution is -1.90. The van der Waals surface area contributed by atoms with Crippen molar-refractivity contribution in [1.29, 1.82) is 0 Å². The molecule has 0 fully saturated rings. The van der Waals surface area contributed by atoms with Crippen molar-refractivity contribution in [2.45, 2.75) is 0 Å². The van der Waals surface area contributed by atoms with Crippen molar-refractivity contribution in [3.05, 3.63) is 72.3 Å². The van der Waals surface area contributed by atoms with E-state index in [1.54, 1.807) is 12.1 Å². The molecule has 0 amide bonds. The van der Waals surface area contributed by atoms with Gasteiger partial charge in [-0.25, -0.2) is 8.78 Å². The Bertz CT molecular complexity index is 1100. The Morgan fingerprint density at radius 3 is 2.42 bits per heavy atom. The van der Waals surface area contributed by atoms with Crippen LogP contribution in [-0.2, 0) is 0 Å². The van der Waals surface area contributed by atoms with E-state index in [4.69, 9.17) is 4.74 Å². The van der Waals surface area contributed by atoms with Crippen molar-refractivity contribution in [1.82, 2.24) is 0 Å². The first-order chi connectivity index (χ1) is 12.6. The van der Waals surface area contributed by atoms with E-state index >= 15 is 0 Å². The van der Waals surface area contributed by atoms with Crippen LogP contribution in [-0.4, -0.2) is 12.2 Å². The van der Waals surface area contributed by atoms with Crippen molar-refractivity contribution in [3.8, 4) is 33.1 Å². The Balaban J connectivity index is 2.05. The molecule has 0 saturated heterocycles. The molecule has 0 aliphatic carbocycles. The summed E-state index contributed by atoms with van der Waals surface area (Å²) in [5.74, 6) is -1.06. The van der Waals surface area contributed by atoms with Gasteiger partial charge in [0.25, 0.3) is 0 Å². The summed E-state index contributed by atoms with van der Waals surface area (Å²) in [7, 11) is 1.38. The molecule has 130 valence electrons. The third-order valence-electron chi connectivity index (χ3n) is 4.24. The number of methoxy groups -OCH3 is 1. The second-order valence-electron chi connectivity index (χ2n) is 5.81. The highest BCUT2D eigenvalue weighted by atomic mass is 32.1. The number of aromatic hydroxyl groups is 1. The molecule has 0 bridgehead atoms. The van der Waals surface area contributed by atoms with Gasteiger partial charge in [0.2, 0.25) is 0 Å². The average molecular weight is 368 g/mol. The summed E-state index contributed by atoms with van der Waals surface area (Å²) in [6.07, 6.45) is 0. The molecule has 4 rings (SSSR count). The van der Waals surface area contributed by atoms with Gasteiger partial charge in [0, 0.05) is 32.2 Å². The molecule has 0 aliphatic rings. The molecule has 0 saturated carbocycles. The zero-order valence-electron chi connectivity index (χ0n) is 13.8. The van der Waals surface area contributed by atoms with Crippen molar-refractivity contribution in [2.24, 2.45) is 0 Å². The van der Waals surface area contributed by atoms with Crippen LogP contribution in [0.5, 0.6) is 11.5 Å². The molecule has 0 unspecified atom stereocenters. The predicted molar refractivity (Wildman–Crippen MR) is 101 cm³/mol. The van der Waals surface area contributed by atoms with E-state index in [9.17, 15) is 13.9 Å². The van der Waals surface area contributed by atoms with Gasteiger partial charge in [-0.1, -0.05) is 30.3 Å². The number of ether oxygens (including phenoxy) is 1. The average Bonchev–Trinajstić information content (AvgIpc) is 3.02. The molecule has 1 aromatic heterocycles. The molecular weight excluding hydrogens is 354 g/mol. The van der Waals surface area contributed by atoms with Crippen LogP contribution < -0.4 is 4.74 Å². The number of rotatable bonds is 3. The third kappa shape index (κ3) is 2.70. The normalized spacial score (nSPS) is 11.0. The SMILES string of the molecule is COc1cc(-c2sc3ccccc3c2-c2ccc(F)cc2)c(O)cc1F. The fraction of sp³-hybridized carbons (Fsp3) is 0.0476. The summed E-state index contributed by atoms with van der Waals surface area (Å²) >= 11 is 1.48. The van der Waals surface area contributed by atoms with Crippen LogP contribution in [0.2, 0.25) is 0 Å². The molecule has 2 nitrogen and oxygen atoms in total. The quantitative estimate of drug-likeness (QED) is 0.465. The first-order valence-electron chi connectivity index (χ1n) is 7.93. The van der Waals surface area contributed by atoms with Gasteiger partial charge in [-0.3, -0.25) is 0 Å². The van der Waals surface area contributed by atoms with E-state index in [2.05, 4.69) is 0 Å². The number of fused-ring (bicyclic) bond motifs is 1. The molecule has 0 radical (unpaired) electrons. The molecule has 26 heavy (non-hydrogen) atoms. The molecule has 1 heterocycles. The molecule has 0 aliphatic heterocycles. The number of phenolic OH excluding ortho intramolecular Hbond substituents is 1. The Labute approximate surface area is 152 Å². The minimum absolute atomic E-state index is 0.0558. The summed E-state index contributed by atoms with van der Waals surface area (Å²) in [5.41, 5.74) is 2.17. The number of benzene rings is 3. The fourth-order valence-electron chi connectivity index (χ4n) is 3.02. The first-order valence-corrected chi connectivity index (χ1v) is 8.74. The number of thiophene rings is 1. The number of hydrogen-bond donors (Lipinski definition) is 1. The summed E-state index contributed by atoms with van der Waals surface area (Å²) < 4.78 is 33.4. The maximum absolute atomic E-state index is 13.9. The van der Waals surface area contributed by atoms with Crippen LogP contribution in [0.4, 0.5) is 8.78 Å². The van der Waals surface area contributed by atoms with Crippen LogP contribution in [0.15, 0.2) is 60.7 Å². The standard InChI is InChI=1S/C21H14F2O2S/c1-25-18-10-15(17(24)11-16(18)23)21-20(12-6-8-13(22)9-7-12)14-4-2-3-5-19(14)26-21/h2-11,24H,1H3. The van der Waals surface area contributed by atoms with E-state index in [-0.39, 0.29) is 17.3 Å². The molecule has 3 aromatic carbocycles. The molecule has 0 atom stereocenters. The van der Waals surface area contributed by atoms with E-state index in [1.807, 2.05) is 24.3 Å². The summed E-state index contributed by atoms with van der Waals surface area (Å²) in [5, 5.41) is 11.3. The minimum atomic E-state index is -0.627. The monoisotopic (exact) mass is 368 g/mol. The number of hydrogen-bond acceptors (Lipinski definition) is 3. The summed E-state index contributed by atoms with van der Waals surface area (Å²) in [6, 6.07) is 16.6. The van der Waals surface area contributed by atoms with Gasteiger partial charge in [0.1, 0.15) is 11.6 Å². The van der Waals surface area contributed by atoms with Gasteiger partial charge in [0.15, 0.2) is 11.6 Å². The molecule has 1 N–H and O–H groups in total. The Hall–Kier alpha value is -2.92. The smallest absolute Gasteiger partial charge is 0.168 e. The van der Waals surface area contributed by atoms with Crippen LogP contribution in [0.25, 0.3) is 31.7 Å². The maximum Gasteiger partial charge on any atom is 0.168 e. The lowest BCUT2D eigenvalue weighted by molar-refractivity contribution is 0.383. The second kappa shape index (κ2) is 6.42. The van der Waals surface area contributed by atoms with Crippen molar-refractivity contribution < 1.29 is 18.6 Å². The zero-order chi connectivity index (χ0) is 18.3. The first kappa shape index (κ1) is 16.5. The Morgan fingerprint density at radius 1 is 0.962 bits per heavy atom. The molecule has 5 heteroatoms. The third-order valence-corrected chi connectivity index (χ3v) is 5.45. The zero-order valence-corrected chi connectivity index (χ0v) is 14.6. The van der Waals surface area contributed by atoms with Crippen molar-refractivity contribution >= 4 is 21.4 Å². The van der Waals surface area contributed by atoms with Crippen LogP contribution >= 0.6 is 11.3 Å². The lowest BCUT2D eigenvalue weighted by atomic mass is 9.98. The van der Waals surface area contributed by atoms with Crippen LogP contribution in [0.1, 0.15) is 0 Å². The molecular formula is C21H14F2O2S. The van der Waals surface area contributed by atoms with Crippen LogP contribution in [0, 0.1) is 11.6 Å². The second-order valence-corrected chi connectivity index (χ2v) is 6.87. The lowest BCUT2D eigenvalue weighted by Gasteiger charge is -2.10. The van der Waals surface area contributed by atoms with Gasteiger partial charge in [-0.05, 0) is 29.8 Å². The Morgan fingerprint density at radius 2 is 1.69 bits per heavy atom. The van der Waals surface area contributed by atoms with Gasteiger partial charge in [0.05, 0.1) is 7.11 Å². The van der Waals surface area contributed by atoms with E-state index in [0.717, 1.165) is 32.2 Å². The van der Waals surface area contributed by atoms with Gasteiger partial charge in [-0.2, -0.15) is 0 Å². The largest absolute Gasteiger partial charge is 0.507 e. The van der Waals surface area contributed by atoms with E-state index in [0.29, 0.717) is 5.56 Å². The van der Waals surface area contributed by atoms with Crippen molar-refractivity contribution in [2.75, 3.05) is 7.11 Å². The van der Waals surface area contributed by atoms with Gasteiger partial charge in [-0.15, -0.1) is 11.3 Å². The molecule has 0 spiro atoms. The Kier molecular flexibility index (Phi) is 4.09. The topological polar surface area (TPSA) is 29.5 Å². The van der Waals surface area contributed by atoms with E-state index in [1.165, 1.54) is 36.6 Å². The summed E-state index contributed by atoms with van der Waals surface area (Å²) in [4.78, 5) is 0.772. The van der Waals surface area contributed by atoms with Gasteiger partial charge >= 0.3 is 0 Å². The number of halogens is 2. The highest BCUT2D eigenvalue weighted by Crippen LogP contribution is 2.48. The highest BCUT2D eigenvalue weighted by molar-refractivity contribution is 7.23. The molecule has 4 aromatic rings. The van der Waals surface area contributed by atoms with Crippen LogP contribution in [0.3, 0.4) is 0 Å². The van der Waals surface area contributed by atoms with Gasteiger partial charge < -0.3 is 9.84 Å². The minimum Gasteiger partial charge on any atom is -0.507 e. The highest BCUT2D eigenvalue weighted by Gasteiger charge is 2.20. The van der Waals surface area contributed by atoms with E-state index < -0.39 is 5.82 Å². The summed E-state index contributed by atoms with van der Waals surface area (Å²) in [6.45, 7) is 0.